The van der Waals surface area contributed by atoms with Crippen molar-refractivity contribution in [3.63, 3.8) is 0 Å². The molecule has 0 atom stereocenters. The summed E-state index contributed by atoms with van der Waals surface area (Å²) in [4.78, 5) is 46.7. The van der Waals surface area contributed by atoms with Crippen LogP contribution in [0.1, 0.15) is 20.7 Å². The number of nitro benzene ring substituents is 1. The number of carbonyl (C=O) groups excluding carboxylic acids is 2. The van der Waals surface area contributed by atoms with E-state index in [1.165, 1.54) is 36.4 Å². The molecule has 0 unspecified atom stereocenters. The van der Waals surface area contributed by atoms with Gasteiger partial charge in [-0.15, -0.1) is 0 Å². The van der Waals surface area contributed by atoms with Crippen molar-refractivity contribution in [2.24, 2.45) is 0 Å². The average Bonchev–Trinajstić information content (AvgIpc) is 2.84. The van der Waals surface area contributed by atoms with Gasteiger partial charge in [-0.25, -0.2) is 9.69 Å². The normalized spacial score (nSPS) is 12.9. The Morgan fingerprint density at radius 2 is 1.80 bits per heavy atom. The first-order valence-electron chi connectivity index (χ1n) is 7.01. The summed E-state index contributed by atoms with van der Waals surface area (Å²) in [7, 11) is 0. The number of fused-ring (bicyclic) bond motifs is 1. The van der Waals surface area contributed by atoms with Crippen molar-refractivity contribution in [3.05, 3.63) is 63.7 Å². The molecule has 1 N–H and O–H groups in total. The molecule has 2 aromatic carbocycles. The van der Waals surface area contributed by atoms with Crippen LogP contribution in [0.25, 0.3) is 0 Å². The van der Waals surface area contributed by atoms with E-state index in [4.69, 9.17) is 9.84 Å². The number of carboxylic acids is 1. The number of nitro groups is 1. The molecule has 1 aliphatic rings. The topological polar surface area (TPSA) is 127 Å². The van der Waals surface area contributed by atoms with Gasteiger partial charge in [-0.3, -0.25) is 19.7 Å². The third-order valence-corrected chi connectivity index (χ3v) is 3.55. The van der Waals surface area contributed by atoms with Crippen LogP contribution in [0.3, 0.4) is 0 Å². The Morgan fingerprint density at radius 1 is 1.12 bits per heavy atom. The third-order valence-electron chi connectivity index (χ3n) is 3.55. The van der Waals surface area contributed by atoms with Crippen LogP contribution >= 0.6 is 0 Å². The summed E-state index contributed by atoms with van der Waals surface area (Å²) in [6.07, 6.45) is 0. The molecule has 25 heavy (non-hydrogen) atoms. The van der Waals surface area contributed by atoms with Crippen molar-refractivity contribution in [1.29, 1.82) is 0 Å². The molecule has 9 nitrogen and oxygen atoms in total. The van der Waals surface area contributed by atoms with Crippen molar-refractivity contribution in [1.82, 2.24) is 0 Å². The summed E-state index contributed by atoms with van der Waals surface area (Å²) in [6, 6.07) is 9.44. The minimum absolute atomic E-state index is 0.0367. The van der Waals surface area contributed by atoms with E-state index >= 15 is 0 Å². The minimum Gasteiger partial charge on any atom is -0.482 e. The van der Waals surface area contributed by atoms with E-state index in [1.54, 1.807) is 0 Å². The van der Waals surface area contributed by atoms with Gasteiger partial charge in [0, 0.05) is 6.07 Å². The highest BCUT2D eigenvalue weighted by Gasteiger charge is 2.41. The van der Waals surface area contributed by atoms with E-state index < -0.39 is 35.0 Å². The molecular weight excluding hydrogens is 332 g/mol. The number of carboxylic acid groups (broad SMARTS) is 1. The molecule has 3 rings (SSSR count). The Kier molecular flexibility index (Phi) is 3.89. The summed E-state index contributed by atoms with van der Waals surface area (Å²) in [5, 5.41) is 19.7. The first-order chi connectivity index (χ1) is 11.9. The van der Waals surface area contributed by atoms with E-state index in [1.807, 2.05) is 0 Å². The lowest BCUT2D eigenvalue weighted by Gasteiger charge is -2.14. The zero-order valence-corrected chi connectivity index (χ0v) is 12.5. The van der Waals surface area contributed by atoms with Crippen LogP contribution < -0.4 is 9.64 Å². The van der Waals surface area contributed by atoms with E-state index in [9.17, 15) is 24.5 Å². The largest absolute Gasteiger partial charge is 0.482 e. The SMILES string of the molecule is O=C(O)COc1ccc(N2C(=O)c3cccc([N+](=O)[O-])c3C2=O)cc1. The van der Waals surface area contributed by atoms with Gasteiger partial charge in [0.05, 0.1) is 16.2 Å². The fourth-order valence-corrected chi connectivity index (χ4v) is 2.49. The summed E-state index contributed by atoms with van der Waals surface area (Å²) >= 11 is 0. The lowest BCUT2D eigenvalue weighted by Crippen LogP contribution is -2.29. The number of amides is 2. The minimum atomic E-state index is -1.14. The van der Waals surface area contributed by atoms with Crippen molar-refractivity contribution in [3.8, 4) is 5.75 Å². The molecule has 0 aromatic heterocycles. The molecule has 0 saturated heterocycles. The predicted molar refractivity (Wildman–Crippen MR) is 83.8 cm³/mol. The van der Waals surface area contributed by atoms with Crippen LogP contribution in [0.4, 0.5) is 11.4 Å². The van der Waals surface area contributed by atoms with Gasteiger partial charge < -0.3 is 9.84 Å². The lowest BCUT2D eigenvalue weighted by molar-refractivity contribution is -0.385. The average molecular weight is 342 g/mol. The number of ether oxygens (including phenoxy) is 1. The first-order valence-corrected chi connectivity index (χ1v) is 7.01. The highest BCUT2D eigenvalue weighted by atomic mass is 16.6. The molecule has 2 amide bonds. The fourth-order valence-electron chi connectivity index (χ4n) is 2.49. The van der Waals surface area contributed by atoms with E-state index in [-0.39, 0.29) is 22.6 Å². The monoisotopic (exact) mass is 342 g/mol. The number of nitrogens with zero attached hydrogens (tertiary/aromatic N) is 2. The van der Waals surface area contributed by atoms with Crippen LogP contribution in [-0.4, -0.2) is 34.4 Å². The second-order valence-electron chi connectivity index (χ2n) is 5.08. The Labute approximate surface area is 140 Å². The van der Waals surface area contributed by atoms with Gasteiger partial charge >= 0.3 is 5.97 Å². The van der Waals surface area contributed by atoms with E-state index in [0.29, 0.717) is 0 Å². The van der Waals surface area contributed by atoms with E-state index in [2.05, 4.69) is 0 Å². The van der Waals surface area contributed by atoms with Gasteiger partial charge in [-0.1, -0.05) is 6.07 Å². The zero-order valence-electron chi connectivity index (χ0n) is 12.5. The lowest BCUT2D eigenvalue weighted by atomic mass is 10.1. The molecule has 0 bridgehead atoms. The molecule has 1 aliphatic heterocycles. The van der Waals surface area contributed by atoms with Crippen molar-refractivity contribution in [2.45, 2.75) is 0 Å². The molecule has 126 valence electrons. The summed E-state index contributed by atoms with van der Waals surface area (Å²) in [6.45, 7) is -0.529. The zero-order chi connectivity index (χ0) is 18.1. The van der Waals surface area contributed by atoms with Gasteiger partial charge in [-0.2, -0.15) is 0 Å². The number of anilines is 1. The maximum atomic E-state index is 12.5. The molecule has 1 heterocycles. The van der Waals surface area contributed by atoms with Gasteiger partial charge in [-0.05, 0) is 30.3 Å². The molecule has 0 fully saturated rings. The number of aliphatic carboxylic acids is 1. The quantitative estimate of drug-likeness (QED) is 0.499. The second kappa shape index (κ2) is 6.04. The highest BCUT2D eigenvalue weighted by Crippen LogP contribution is 2.34. The maximum absolute atomic E-state index is 12.5. The molecule has 0 spiro atoms. The standard InChI is InChI=1S/C16H10N2O7/c19-13(20)8-25-10-6-4-9(5-7-10)17-15(21)11-2-1-3-12(18(23)24)14(11)16(17)22/h1-7H,8H2,(H,19,20). The van der Waals surface area contributed by atoms with Gasteiger partial charge in [0.1, 0.15) is 11.3 Å². The fraction of sp³-hybridized carbons (Fsp3) is 0.0625. The maximum Gasteiger partial charge on any atom is 0.341 e. The number of rotatable bonds is 5. The smallest absolute Gasteiger partial charge is 0.341 e. The Hall–Kier alpha value is -3.75. The Balaban J connectivity index is 1.93. The molecule has 0 saturated carbocycles. The van der Waals surface area contributed by atoms with Crippen LogP contribution in [0.5, 0.6) is 5.75 Å². The molecule has 9 heteroatoms. The number of hydrogen-bond donors (Lipinski definition) is 1. The van der Waals surface area contributed by atoms with Crippen LogP contribution in [0, 0.1) is 10.1 Å². The predicted octanol–water partition coefficient (Wildman–Crippen LogP) is 1.86. The van der Waals surface area contributed by atoms with Crippen LogP contribution in [0.15, 0.2) is 42.5 Å². The summed E-state index contributed by atoms with van der Waals surface area (Å²) < 4.78 is 4.97. The number of benzene rings is 2. The van der Waals surface area contributed by atoms with Gasteiger partial charge in [0.25, 0.3) is 17.5 Å². The van der Waals surface area contributed by atoms with E-state index in [0.717, 1.165) is 11.0 Å². The van der Waals surface area contributed by atoms with Crippen molar-refractivity contribution < 1.29 is 29.2 Å². The number of carbonyl (C=O) groups is 3. The van der Waals surface area contributed by atoms with Gasteiger partial charge in [0.2, 0.25) is 0 Å². The highest BCUT2D eigenvalue weighted by molar-refractivity contribution is 6.35. The first kappa shape index (κ1) is 16.1. The summed E-state index contributed by atoms with van der Waals surface area (Å²) in [5.74, 6) is -2.35. The number of hydrogen-bond acceptors (Lipinski definition) is 6. The van der Waals surface area contributed by atoms with Crippen LogP contribution in [0.2, 0.25) is 0 Å². The molecule has 0 radical (unpaired) electrons. The third kappa shape index (κ3) is 2.78. The Morgan fingerprint density at radius 3 is 2.40 bits per heavy atom. The molecule has 0 aliphatic carbocycles. The van der Waals surface area contributed by atoms with Crippen molar-refractivity contribution in [2.75, 3.05) is 11.5 Å². The van der Waals surface area contributed by atoms with Gasteiger partial charge in [0.15, 0.2) is 6.61 Å². The summed E-state index contributed by atoms with van der Waals surface area (Å²) in [5.41, 5.74) is -0.517. The van der Waals surface area contributed by atoms with Crippen molar-refractivity contribution >= 4 is 29.2 Å². The number of imide groups is 1. The Bertz CT molecular complexity index is 905. The molecule has 2 aromatic rings. The van der Waals surface area contributed by atoms with Crippen LogP contribution in [-0.2, 0) is 4.79 Å². The molecular formula is C16H10N2O7. The second-order valence-corrected chi connectivity index (χ2v) is 5.08.